The highest BCUT2D eigenvalue weighted by Gasteiger charge is 2.24. The standard InChI is InChI=1S/C14H18ClN3O3/c1-8(2)12-11(13(15)18(3)17-12)14(20)16-7-9(19)10-5-4-6-21-10/h4-6,8-9,19H,7H2,1-3H3,(H,16,20)/t9-/m1/s1. The molecule has 0 saturated heterocycles. The number of hydrogen-bond acceptors (Lipinski definition) is 4. The predicted octanol–water partition coefficient (Wildman–Crippen LogP) is 2.25. The van der Waals surface area contributed by atoms with Gasteiger partial charge in [0, 0.05) is 7.05 Å². The van der Waals surface area contributed by atoms with E-state index in [1.54, 1.807) is 19.2 Å². The number of amides is 1. The van der Waals surface area contributed by atoms with Crippen molar-refractivity contribution in [3.63, 3.8) is 0 Å². The van der Waals surface area contributed by atoms with Gasteiger partial charge in [0.15, 0.2) is 0 Å². The maximum absolute atomic E-state index is 12.3. The number of aryl methyl sites for hydroxylation is 1. The van der Waals surface area contributed by atoms with Crippen LogP contribution < -0.4 is 5.32 Å². The fourth-order valence-electron chi connectivity index (χ4n) is 2.00. The first-order chi connectivity index (χ1) is 9.91. The number of nitrogens with zero attached hydrogens (tertiary/aromatic N) is 2. The first-order valence-corrected chi connectivity index (χ1v) is 7.01. The molecule has 1 atom stereocenters. The molecule has 0 bridgehead atoms. The summed E-state index contributed by atoms with van der Waals surface area (Å²) in [5.74, 6) is 0.110. The average molecular weight is 312 g/mol. The van der Waals surface area contributed by atoms with Crippen LogP contribution in [-0.2, 0) is 7.05 Å². The number of aliphatic hydroxyl groups is 1. The van der Waals surface area contributed by atoms with Gasteiger partial charge in [-0.25, -0.2) is 0 Å². The van der Waals surface area contributed by atoms with Gasteiger partial charge in [-0.3, -0.25) is 9.48 Å². The van der Waals surface area contributed by atoms with Crippen molar-refractivity contribution in [1.82, 2.24) is 15.1 Å². The minimum atomic E-state index is -0.901. The normalized spacial score (nSPS) is 12.7. The van der Waals surface area contributed by atoms with Gasteiger partial charge < -0.3 is 14.8 Å². The van der Waals surface area contributed by atoms with E-state index in [0.29, 0.717) is 17.0 Å². The van der Waals surface area contributed by atoms with Gasteiger partial charge in [0.25, 0.3) is 5.91 Å². The van der Waals surface area contributed by atoms with Crippen LogP contribution in [0.5, 0.6) is 0 Å². The molecule has 6 nitrogen and oxygen atoms in total. The van der Waals surface area contributed by atoms with Gasteiger partial charge in [0.05, 0.1) is 24.1 Å². The second-order valence-corrected chi connectivity index (χ2v) is 5.43. The lowest BCUT2D eigenvalue weighted by atomic mass is 10.1. The highest BCUT2D eigenvalue weighted by atomic mass is 35.5. The largest absolute Gasteiger partial charge is 0.467 e. The van der Waals surface area contributed by atoms with Crippen molar-refractivity contribution in [2.45, 2.75) is 25.9 Å². The highest BCUT2D eigenvalue weighted by Crippen LogP contribution is 2.25. The van der Waals surface area contributed by atoms with E-state index >= 15 is 0 Å². The van der Waals surface area contributed by atoms with E-state index in [2.05, 4.69) is 10.4 Å². The van der Waals surface area contributed by atoms with Crippen LogP contribution in [0.15, 0.2) is 22.8 Å². The Hall–Kier alpha value is -1.79. The molecule has 0 aliphatic rings. The molecule has 2 rings (SSSR count). The zero-order chi connectivity index (χ0) is 15.6. The third-order valence-electron chi connectivity index (χ3n) is 3.11. The summed E-state index contributed by atoms with van der Waals surface area (Å²) >= 11 is 6.13. The Morgan fingerprint density at radius 1 is 1.57 bits per heavy atom. The average Bonchev–Trinajstić information content (AvgIpc) is 3.05. The molecule has 114 valence electrons. The van der Waals surface area contributed by atoms with E-state index in [1.165, 1.54) is 10.9 Å². The number of halogens is 1. The number of furan rings is 1. The molecule has 0 unspecified atom stereocenters. The maximum Gasteiger partial charge on any atom is 0.256 e. The fraction of sp³-hybridized carbons (Fsp3) is 0.429. The van der Waals surface area contributed by atoms with Crippen molar-refractivity contribution in [2.75, 3.05) is 6.54 Å². The first kappa shape index (κ1) is 15.6. The Morgan fingerprint density at radius 2 is 2.29 bits per heavy atom. The molecule has 2 heterocycles. The summed E-state index contributed by atoms with van der Waals surface area (Å²) < 4.78 is 6.55. The zero-order valence-corrected chi connectivity index (χ0v) is 12.9. The summed E-state index contributed by atoms with van der Waals surface area (Å²) in [7, 11) is 1.68. The molecular formula is C14H18ClN3O3. The van der Waals surface area contributed by atoms with Crippen molar-refractivity contribution in [3.8, 4) is 0 Å². The van der Waals surface area contributed by atoms with E-state index < -0.39 is 6.10 Å². The van der Waals surface area contributed by atoms with E-state index in [9.17, 15) is 9.90 Å². The van der Waals surface area contributed by atoms with Crippen molar-refractivity contribution >= 4 is 17.5 Å². The lowest BCUT2D eigenvalue weighted by molar-refractivity contribution is 0.0900. The summed E-state index contributed by atoms with van der Waals surface area (Å²) in [5.41, 5.74) is 0.980. The molecule has 0 aliphatic carbocycles. The fourth-order valence-corrected chi connectivity index (χ4v) is 2.22. The molecule has 0 fully saturated rings. The lowest BCUT2D eigenvalue weighted by Gasteiger charge is -2.10. The third kappa shape index (κ3) is 3.28. The van der Waals surface area contributed by atoms with Crippen LogP contribution in [0.1, 0.15) is 47.7 Å². The van der Waals surface area contributed by atoms with Crippen molar-refractivity contribution in [3.05, 3.63) is 40.6 Å². The molecule has 0 radical (unpaired) electrons. The van der Waals surface area contributed by atoms with Gasteiger partial charge in [-0.2, -0.15) is 5.10 Å². The van der Waals surface area contributed by atoms with Crippen molar-refractivity contribution in [1.29, 1.82) is 0 Å². The van der Waals surface area contributed by atoms with Crippen LogP contribution in [0, 0.1) is 0 Å². The number of carbonyl (C=O) groups is 1. The van der Waals surface area contributed by atoms with Gasteiger partial charge in [-0.05, 0) is 18.1 Å². The maximum atomic E-state index is 12.3. The van der Waals surface area contributed by atoms with Gasteiger partial charge in [0.1, 0.15) is 17.0 Å². The van der Waals surface area contributed by atoms with E-state index in [1.807, 2.05) is 13.8 Å². The monoisotopic (exact) mass is 311 g/mol. The predicted molar refractivity (Wildman–Crippen MR) is 78.3 cm³/mol. The summed E-state index contributed by atoms with van der Waals surface area (Å²) in [6.45, 7) is 3.91. The van der Waals surface area contributed by atoms with Crippen LogP contribution in [0.3, 0.4) is 0 Å². The van der Waals surface area contributed by atoms with Crippen LogP contribution in [0.2, 0.25) is 5.15 Å². The Bertz CT molecular complexity index is 620. The second kappa shape index (κ2) is 6.32. The molecule has 0 saturated carbocycles. The molecule has 1 amide bonds. The van der Waals surface area contributed by atoms with Crippen molar-refractivity contribution < 1.29 is 14.3 Å². The van der Waals surface area contributed by atoms with Crippen LogP contribution in [0.25, 0.3) is 0 Å². The second-order valence-electron chi connectivity index (χ2n) is 5.07. The molecule has 7 heteroatoms. The number of hydrogen-bond donors (Lipinski definition) is 2. The quantitative estimate of drug-likeness (QED) is 0.887. The van der Waals surface area contributed by atoms with Gasteiger partial charge >= 0.3 is 0 Å². The molecule has 0 aliphatic heterocycles. The van der Waals surface area contributed by atoms with Gasteiger partial charge in [-0.1, -0.05) is 25.4 Å². The Morgan fingerprint density at radius 3 is 2.86 bits per heavy atom. The Balaban J connectivity index is 2.10. The van der Waals surface area contributed by atoms with E-state index in [4.69, 9.17) is 16.0 Å². The van der Waals surface area contributed by atoms with Crippen LogP contribution >= 0.6 is 11.6 Å². The van der Waals surface area contributed by atoms with Gasteiger partial charge in [0.2, 0.25) is 0 Å². The topological polar surface area (TPSA) is 80.3 Å². The Labute approximate surface area is 127 Å². The number of rotatable bonds is 5. The highest BCUT2D eigenvalue weighted by molar-refractivity contribution is 6.33. The number of aliphatic hydroxyl groups excluding tert-OH is 1. The van der Waals surface area contributed by atoms with E-state index in [-0.39, 0.29) is 23.5 Å². The summed E-state index contributed by atoms with van der Waals surface area (Å²) in [5, 5.41) is 17.1. The lowest BCUT2D eigenvalue weighted by Crippen LogP contribution is -2.29. The van der Waals surface area contributed by atoms with Crippen molar-refractivity contribution in [2.24, 2.45) is 7.05 Å². The number of carbonyl (C=O) groups excluding carboxylic acids is 1. The minimum absolute atomic E-state index is 0.0368. The number of nitrogens with one attached hydrogen (secondary N) is 1. The van der Waals surface area contributed by atoms with Crippen LogP contribution in [0.4, 0.5) is 0 Å². The van der Waals surface area contributed by atoms with Crippen LogP contribution in [-0.4, -0.2) is 27.3 Å². The minimum Gasteiger partial charge on any atom is -0.467 e. The molecule has 0 aromatic carbocycles. The molecule has 2 aromatic rings. The molecule has 21 heavy (non-hydrogen) atoms. The van der Waals surface area contributed by atoms with Gasteiger partial charge in [-0.15, -0.1) is 0 Å². The van der Waals surface area contributed by atoms with E-state index in [0.717, 1.165) is 0 Å². The SMILES string of the molecule is CC(C)c1nn(C)c(Cl)c1C(=O)NC[C@@H](O)c1ccco1. The smallest absolute Gasteiger partial charge is 0.256 e. The molecular weight excluding hydrogens is 294 g/mol. The number of aromatic nitrogens is 2. The molecule has 2 N–H and O–H groups in total. The first-order valence-electron chi connectivity index (χ1n) is 6.63. The molecule has 2 aromatic heterocycles. The summed E-state index contributed by atoms with van der Waals surface area (Å²) in [4.78, 5) is 12.3. The Kier molecular flexibility index (Phi) is 4.69. The zero-order valence-electron chi connectivity index (χ0n) is 12.1. The summed E-state index contributed by atoms with van der Waals surface area (Å²) in [6.07, 6.45) is 0.566. The summed E-state index contributed by atoms with van der Waals surface area (Å²) in [6, 6.07) is 3.32. The third-order valence-corrected chi connectivity index (χ3v) is 3.54. The molecule has 0 spiro atoms.